The molecule has 0 spiro atoms. The van der Waals surface area contributed by atoms with Crippen molar-refractivity contribution in [1.82, 2.24) is 4.90 Å². The average molecular weight is 295 g/mol. The van der Waals surface area contributed by atoms with Crippen molar-refractivity contribution in [2.24, 2.45) is 15.9 Å². The highest BCUT2D eigenvalue weighted by Crippen LogP contribution is 2.27. The van der Waals surface area contributed by atoms with Crippen LogP contribution in [0.1, 0.15) is 39.5 Å². The molecule has 1 heterocycles. The van der Waals surface area contributed by atoms with Gasteiger partial charge in [0.15, 0.2) is 5.17 Å². The smallest absolute Gasteiger partial charge is 0.256 e. The number of carbonyl (C=O) groups excluding carboxylic acids is 2. The van der Waals surface area contributed by atoms with Crippen molar-refractivity contribution >= 4 is 34.5 Å². The van der Waals surface area contributed by atoms with Gasteiger partial charge in [-0.15, -0.1) is 0 Å². The van der Waals surface area contributed by atoms with E-state index >= 15 is 0 Å². The largest absolute Gasteiger partial charge is 0.343 e. The number of amides is 2. The van der Waals surface area contributed by atoms with Crippen molar-refractivity contribution in [1.29, 1.82) is 0 Å². The molecule has 1 aliphatic heterocycles. The summed E-state index contributed by atoms with van der Waals surface area (Å²) >= 11 is 1.27. The quantitative estimate of drug-likeness (QED) is 0.798. The Kier molecular flexibility index (Phi) is 5.34. The average Bonchev–Trinajstić information content (AvgIpc) is 2.46. The number of amidine groups is 1. The summed E-state index contributed by atoms with van der Waals surface area (Å²) in [5, 5.41) is 0.462. The van der Waals surface area contributed by atoms with Crippen LogP contribution in [0.4, 0.5) is 0 Å². The third kappa shape index (κ3) is 3.48. The maximum Gasteiger partial charge on any atom is 0.256 e. The van der Waals surface area contributed by atoms with E-state index in [0.717, 1.165) is 31.4 Å². The van der Waals surface area contributed by atoms with Crippen LogP contribution >= 0.6 is 11.8 Å². The highest BCUT2D eigenvalue weighted by atomic mass is 32.2. The molecule has 0 bridgehead atoms. The lowest BCUT2D eigenvalue weighted by atomic mass is 9.86. The highest BCUT2D eigenvalue weighted by Gasteiger charge is 2.31. The number of fused-ring (bicyclic) bond motifs is 1. The minimum absolute atomic E-state index is 0.0705. The van der Waals surface area contributed by atoms with Gasteiger partial charge in [0.05, 0.1) is 11.7 Å². The van der Waals surface area contributed by atoms with E-state index in [-0.39, 0.29) is 17.7 Å². The van der Waals surface area contributed by atoms with Crippen molar-refractivity contribution in [3.05, 3.63) is 0 Å². The molecular weight excluding hydrogens is 274 g/mol. The normalized spacial score (nSPS) is 21.9. The lowest BCUT2D eigenvalue weighted by molar-refractivity contribution is -0.128. The predicted molar refractivity (Wildman–Crippen MR) is 82.2 cm³/mol. The van der Waals surface area contributed by atoms with E-state index in [4.69, 9.17) is 0 Å². The molecule has 0 saturated heterocycles. The summed E-state index contributed by atoms with van der Waals surface area (Å²) in [4.78, 5) is 34.2. The van der Waals surface area contributed by atoms with Crippen LogP contribution in [0.15, 0.2) is 9.98 Å². The summed E-state index contributed by atoms with van der Waals surface area (Å²) in [5.74, 6) is 0.204. The first-order valence-corrected chi connectivity index (χ1v) is 8.24. The fourth-order valence-corrected chi connectivity index (χ4v) is 3.35. The second-order valence-corrected chi connectivity index (χ2v) is 5.93. The van der Waals surface area contributed by atoms with Gasteiger partial charge in [-0.05, 0) is 33.1 Å². The lowest BCUT2D eigenvalue weighted by Gasteiger charge is -2.24. The van der Waals surface area contributed by atoms with E-state index in [2.05, 4.69) is 9.98 Å². The molecule has 1 unspecified atom stereocenters. The number of carbonyl (C=O) groups is 2. The lowest BCUT2D eigenvalue weighted by Crippen LogP contribution is -2.33. The number of thioether (sulfide) groups is 1. The zero-order valence-electron chi connectivity index (χ0n) is 12.1. The van der Waals surface area contributed by atoms with Crippen LogP contribution in [0, 0.1) is 5.92 Å². The summed E-state index contributed by atoms with van der Waals surface area (Å²) < 4.78 is 0. The zero-order chi connectivity index (χ0) is 14.5. The first kappa shape index (κ1) is 15.2. The van der Waals surface area contributed by atoms with Gasteiger partial charge in [-0.3, -0.25) is 9.59 Å². The molecule has 0 aromatic heterocycles. The molecule has 20 heavy (non-hydrogen) atoms. The van der Waals surface area contributed by atoms with E-state index in [1.807, 2.05) is 13.8 Å². The molecule has 2 amide bonds. The van der Waals surface area contributed by atoms with Crippen LogP contribution in [0.5, 0.6) is 0 Å². The molecule has 1 aliphatic carbocycles. The molecule has 0 N–H and O–H groups in total. The maximum absolute atomic E-state index is 12.0. The third-order valence-corrected chi connectivity index (χ3v) is 4.59. The summed E-state index contributed by atoms with van der Waals surface area (Å²) in [7, 11) is 0. The minimum atomic E-state index is -0.0911. The predicted octanol–water partition coefficient (Wildman–Crippen LogP) is 2.12. The Morgan fingerprint density at radius 1 is 1.30 bits per heavy atom. The van der Waals surface area contributed by atoms with Gasteiger partial charge in [0.1, 0.15) is 0 Å². The Morgan fingerprint density at radius 3 is 2.75 bits per heavy atom. The molecule has 1 atom stereocenters. The van der Waals surface area contributed by atoms with Crippen LogP contribution in [-0.4, -0.2) is 46.4 Å². The van der Waals surface area contributed by atoms with Gasteiger partial charge in [-0.25, -0.2) is 4.99 Å². The molecule has 0 aromatic carbocycles. The second-order valence-electron chi connectivity index (χ2n) is 4.99. The van der Waals surface area contributed by atoms with E-state index in [0.29, 0.717) is 24.0 Å². The fourth-order valence-electron chi connectivity index (χ4n) is 2.57. The molecule has 5 nitrogen and oxygen atoms in total. The Labute approximate surface area is 123 Å². The zero-order valence-corrected chi connectivity index (χ0v) is 12.9. The van der Waals surface area contributed by atoms with E-state index in [1.54, 1.807) is 4.90 Å². The maximum atomic E-state index is 12.0. The standard InChI is InChI=1S/C14H21N3O2S/c1-3-17(4-2)12(18)9-20-14-15-11-8-6-5-7-10(11)13(19)16-14/h10H,3-9H2,1-2H3. The van der Waals surface area contributed by atoms with Gasteiger partial charge in [0.25, 0.3) is 5.91 Å². The summed E-state index contributed by atoms with van der Waals surface area (Å²) in [6.45, 7) is 5.33. The van der Waals surface area contributed by atoms with E-state index in [1.165, 1.54) is 11.8 Å². The van der Waals surface area contributed by atoms with Crippen LogP contribution in [0.2, 0.25) is 0 Å². The summed E-state index contributed by atoms with van der Waals surface area (Å²) in [6, 6.07) is 0. The van der Waals surface area contributed by atoms with Crippen molar-refractivity contribution < 1.29 is 9.59 Å². The fraction of sp³-hybridized carbons (Fsp3) is 0.714. The van der Waals surface area contributed by atoms with Gasteiger partial charge in [0, 0.05) is 18.8 Å². The number of nitrogens with zero attached hydrogens (tertiary/aromatic N) is 3. The van der Waals surface area contributed by atoms with Crippen molar-refractivity contribution in [2.75, 3.05) is 18.8 Å². The van der Waals surface area contributed by atoms with Crippen molar-refractivity contribution in [3.63, 3.8) is 0 Å². The Balaban J connectivity index is 1.95. The van der Waals surface area contributed by atoms with Crippen molar-refractivity contribution in [3.8, 4) is 0 Å². The topological polar surface area (TPSA) is 62.1 Å². The number of aliphatic imine (C=N–C) groups is 2. The molecule has 0 aromatic rings. The first-order valence-electron chi connectivity index (χ1n) is 7.26. The Hall–Kier alpha value is -1.17. The molecule has 2 rings (SSSR count). The molecule has 1 saturated carbocycles. The van der Waals surface area contributed by atoms with E-state index < -0.39 is 0 Å². The summed E-state index contributed by atoms with van der Waals surface area (Å²) in [6.07, 6.45) is 3.93. The molecule has 0 radical (unpaired) electrons. The Morgan fingerprint density at radius 2 is 2.05 bits per heavy atom. The van der Waals surface area contributed by atoms with Crippen LogP contribution in [0.3, 0.4) is 0 Å². The third-order valence-electron chi connectivity index (χ3n) is 3.76. The molecular formula is C14H21N3O2S. The molecule has 2 aliphatic rings. The van der Waals surface area contributed by atoms with Crippen LogP contribution < -0.4 is 0 Å². The van der Waals surface area contributed by atoms with Crippen molar-refractivity contribution in [2.45, 2.75) is 39.5 Å². The molecule has 6 heteroatoms. The van der Waals surface area contributed by atoms with Gasteiger partial charge >= 0.3 is 0 Å². The Bertz CT molecular complexity index is 455. The van der Waals surface area contributed by atoms with Gasteiger partial charge in [0.2, 0.25) is 5.91 Å². The van der Waals surface area contributed by atoms with Gasteiger partial charge < -0.3 is 4.90 Å². The van der Waals surface area contributed by atoms with Crippen LogP contribution in [-0.2, 0) is 9.59 Å². The number of rotatable bonds is 4. The van der Waals surface area contributed by atoms with Crippen LogP contribution in [0.25, 0.3) is 0 Å². The second kappa shape index (κ2) is 7.02. The SMILES string of the molecule is CCN(CC)C(=O)CSC1=NC(=O)C2CCCCC2=N1. The van der Waals surface area contributed by atoms with Gasteiger partial charge in [-0.1, -0.05) is 18.2 Å². The van der Waals surface area contributed by atoms with Gasteiger partial charge in [-0.2, -0.15) is 4.99 Å². The first-order chi connectivity index (χ1) is 9.65. The number of hydrogen-bond donors (Lipinski definition) is 0. The molecule has 1 fully saturated rings. The molecule has 110 valence electrons. The highest BCUT2D eigenvalue weighted by molar-refractivity contribution is 8.14. The van der Waals surface area contributed by atoms with E-state index in [9.17, 15) is 9.59 Å². The number of hydrogen-bond acceptors (Lipinski definition) is 4. The summed E-state index contributed by atoms with van der Waals surface area (Å²) in [5.41, 5.74) is 0.967. The monoisotopic (exact) mass is 295 g/mol. The minimum Gasteiger partial charge on any atom is -0.343 e.